The molecule has 0 heterocycles. The van der Waals surface area contributed by atoms with Crippen LogP contribution in [0.4, 0.5) is 8.78 Å². The van der Waals surface area contributed by atoms with Crippen LogP contribution in [0.15, 0.2) is 23.1 Å². The van der Waals surface area contributed by atoms with E-state index in [0.29, 0.717) is 25.3 Å². The fourth-order valence-corrected chi connectivity index (χ4v) is 3.03. The minimum absolute atomic E-state index is 0.248. The van der Waals surface area contributed by atoms with Gasteiger partial charge in [-0.2, -0.15) is 0 Å². The molecule has 6 heteroatoms. The fourth-order valence-electron chi connectivity index (χ4n) is 1.90. The Morgan fingerprint density at radius 1 is 1.38 bits per heavy atom. The summed E-state index contributed by atoms with van der Waals surface area (Å²) in [6, 6.07) is 3.35. The van der Waals surface area contributed by atoms with Gasteiger partial charge in [0.05, 0.1) is 6.61 Å². The first-order chi connectivity index (χ1) is 9.92. The van der Waals surface area contributed by atoms with E-state index in [9.17, 15) is 13.6 Å². The molecular formula is C15H21F2NO2S. The third kappa shape index (κ3) is 5.28. The van der Waals surface area contributed by atoms with Gasteiger partial charge in [-0.15, -0.1) is 11.8 Å². The van der Waals surface area contributed by atoms with E-state index >= 15 is 0 Å². The van der Waals surface area contributed by atoms with Crippen LogP contribution in [-0.4, -0.2) is 30.4 Å². The Bertz CT molecular complexity index is 485. The molecule has 0 spiro atoms. The molecule has 0 saturated carbocycles. The summed E-state index contributed by atoms with van der Waals surface area (Å²) < 4.78 is 31.7. The maximum Gasteiger partial charge on any atom is 0.326 e. The first kappa shape index (κ1) is 17.9. The Balaban J connectivity index is 2.65. The van der Waals surface area contributed by atoms with Gasteiger partial charge in [0, 0.05) is 10.6 Å². The van der Waals surface area contributed by atoms with Crippen molar-refractivity contribution >= 4 is 17.7 Å². The van der Waals surface area contributed by atoms with Crippen molar-refractivity contribution in [2.75, 3.05) is 18.9 Å². The molecule has 1 rings (SSSR count). The van der Waals surface area contributed by atoms with Crippen LogP contribution in [0.5, 0.6) is 0 Å². The summed E-state index contributed by atoms with van der Waals surface area (Å²) >= 11 is 1.19. The zero-order valence-corrected chi connectivity index (χ0v) is 13.4. The molecule has 0 aliphatic rings. The zero-order valence-electron chi connectivity index (χ0n) is 12.5. The molecule has 1 aromatic rings. The highest BCUT2D eigenvalue weighted by molar-refractivity contribution is 7.99. The van der Waals surface area contributed by atoms with Gasteiger partial charge in [-0.05, 0) is 45.0 Å². The van der Waals surface area contributed by atoms with Gasteiger partial charge >= 0.3 is 5.97 Å². The molecule has 3 nitrogen and oxygen atoms in total. The standard InChI is InChI=1S/C15H21F2NO2S/c1-4-18-15(3,14(19)20-5-2)8-9-21-13-10-11(16)6-7-12(13)17/h6-7,10,18H,4-5,8-9H2,1-3H3. The van der Waals surface area contributed by atoms with Crippen LogP contribution in [0, 0.1) is 11.6 Å². The van der Waals surface area contributed by atoms with E-state index in [0.717, 1.165) is 18.2 Å². The van der Waals surface area contributed by atoms with Crippen LogP contribution in [0.1, 0.15) is 27.2 Å². The Labute approximate surface area is 128 Å². The second kappa shape index (κ2) is 8.34. The van der Waals surface area contributed by atoms with Crippen molar-refractivity contribution in [2.24, 2.45) is 0 Å². The maximum atomic E-state index is 13.5. The van der Waals surface area contributed by atoms with Gasteiger partial charge in [0.1, 0.15) is 17.2 Å². The van der Waals surface area contributed by atoms with E-state index in [4.69, 9.17) is 4.74 Å². The summed E-state index contributed by atoms with van der Waals surface area (Å²) in [5.41, 5.74) is -0.818. The summed E-state index contributed by atoms with van der Waals surface area (Å²) in [5, 5.41) is 3.10. The number of thioether (sulfide) groups is 1. The molecule has 1 unspecified atom stereocenters. The molecule has 1 N–H and O–H groups in total. The summed E-state index contributed by atoms with van der Waals surface area (Å²) in [5.74, 6) is -0.781. The number of esters is 1. The van der Waals surface area contributed by atoms with Gasteiger partial charge in [-0.3, -0.25) is 4.79 Å². The summed E-state index contributed by atoms with van der Waals surface area (Å²) in [4.78, 5) is 12.2. The van der Waals surface area contributed by atoms with E-state index in [-0.39, 0.29) is 10.9 Å². The lowest BCUT2D eigenvalue weighted by atomic mass is 9.99. The predicted molar refractivity (Wildman–Crippen MR) is 80.4 cm³/mol. The molecule has 0 aromatic heterocycles. The quantitative estimate of drug-likeness (QED) is 0.589. The molecule has 0 aliphatic heterocycles. The van der Waals surface area contributed by atoms with Crippen LogP contribution in [0.3, 0.4) is 0 Å². The molecule has 1 atom stereocenters. The predicted octanol–water partition coefficient (Wildman–Crippen LogP) is 3.38. The van der Waals surface area contributed by atoms with E-state index in [2.05, 4.69) is 5.32 Å². The SMILES string of the molecule is CCNC(C)(CCSc1cc(F)ccc1F)C(=O)OCC. The monoisotopic (exact) mass is 317 g/mol. The third-order valence-corrected chi connectivity index (χ3v) is 4.08. The Kier molecular flexibility index (Phi) is 7.11. The normalized spacial score (nSPS) is 13.8. The van der Waals surface area contributed by atoms with Crippen LogP contribution in [0.2, 0.25) is 0 Å². The van der Waals surface area contributed by atoms with E-state index in [1.165, 1.54) is 11.8 Å². The third-order valence-electron chi connectivity index (χ3n) is 3.05. The lowest BCUT2D eigenvalue weighted by Gasteiger charge is -2.28. The fraction of sp³-hybridized carbons (Fsp3) is 0.533. The Morgan fingerprint density at radius 2 is 2.10 bits per heavy atom. The Hall–Kier alpha value is -1.14. The van der Waals surface area contributed by atoms with Crippen LogP contribution in [-0.2, 0) is 9.53 Å². The minimum atomic E-state index is -0.818. The second-order valence-corrected chi connectivity index (χ2v) is 5.89. The molecular weight excluding hydrogens is 296 g/mol. The molecule has 0 amide bonds. The number of hydrogen-bond acceptors (Lipinski definition) is 4. The highest BCUT2D eigenvalue weighted by Gasteiger charge is 2.33. The van der Waals surface area contributed by atoms with Crippen molar-refractivity contribution < 1.29 is 18.3 Å². The van der Waals surface area contributed by atoms with Crippen molar-refractivity contribution in [2.45, 2.75) is 37.6 Å². The molecule has 0 saturated heterocycles. The minimum Gasteiger partial charge on any atom is -0.465 e. The highest BCUT2D eigenvalue weighted by Crippen LogP contribution is 2.26. The number of likely N-dealkylation sites (N-methyl/N-ethyl adjacent to an activating group) is 1. The number of carbonyl (C=O) groups is 1. The Morgan fingerprint density at radius 3 is 2.71 bits per heavy atom. The zero-order chi connectivity index (χ0) is 15.9. The van der Waals surface area contributed by atoms with Gasteiger partial charge in [-0.1, -0.05) is 6.92 Å². The number of nitrogens with one attached hydrogen (secondary N) is 1. The number of carbonyl (C=O) groups excluding carboxylic acids is 1. The summed E-state index contributed by atoms with van der Waals surface area (Å²) in [7, 11) is 0. The van der Waals surface area contributed by atoms with E-state index in [1.54, 1.807) is 13.8 Å². The lowest BCUT2D eigenvalue weighted by Crippen LogP contribution is -2.50. The molecule has 0 radical (unpaired) electrons. The van der Waals surface area contributed by atoms with E-state index < -0.39 is 17.2 Å². The number of ether oxygens (including phenoxy) is 1. The largest absolute Gasteiger partial charge is 0.465 e. The van der Waals surface area contributed by atoms with E-state index in [1.807, 2.05) is 6.92 Å². The van der Waals surface area contributed by atoms with Gasteiger partial charge in [0.25, 0.3) is 0 Å². The van der Waals surface area contributed by atoms with Crippen molar-refractivity contribution in [3.8, 4) is 0 Å². The average molecular weight is 317 g/mol. The van der Waals surface area contributed by atoms with Crippen LogP contribution in [0.25, 0.3) is 0 Å². The second-order valence-electron chi connectivity index (χ2n) is 4.76. The topological polar surface area (TPSA) is 38.3 Å². The average Bonchev–Trinajstić information content (AvgIpc) is 2.43. The summed E-state index contributed by atoms with van der Waals surface area (Å²) in [6.45, 7) is 6.34. The van der Waals surface area contributed by atoms with Crippen molar-refractivity contribution in [1.82, 2.24) is 5.32 Å². The first-order valence-corrected chi connectivity index (χ1v) is 7.91. The van der Waals surface area contributed by atoms with Gasteiger partial charge in [0.2, 0.25) is 0 Å². The number of halogens is 2. The lowest BCUT2D eigenvalue weighted by molar-refractivity contribution is -0.150. The van der Waals surface area contributed by atoms with Crippen LogP contribution >= 0.6 is 11.8 Å². The highest BCUT2D eigenvalue weighted by atomic mass is 32.2. The summed E-state index contributed by atoms with van der Waals surface area (Å²) in [6.07, 6.45) is 0.459. The smallest absolute Gasteiger partial charge is 0.326 e. The van der Waals surface area contributed by atoms with Crippen molar-refractivity contribution in [3.63, 3.8) is 0 Å². The molecule has 21 heavy (non-hydrogen) atoms. The molecule has 118 valence electrons. The number of rotatable bonds is 8. The van der Waals surface area contributed by atoms with Gasteiger partial charge < -0.3 is 10.1 Å². The molecule has 1 aromatic carbocycles. The van der Waals surface area contributed by atoms with Crippen LogP contribution < -0.4 is 5.32 Å². The molecule has 0 aliphatic carbocycles. The van der Waals surface area contributed by atoms with Gasteiger partial charge in [0.15, 0.2) is 0 Å². The van der Waals surface area contributed by atoms with Crippen molar-refractivity contribution in [1.29, 1.82) is 0 Å². The van der Waals surface area contributed by atoms with Gasteiger partial charge in [-0.25, -0.2) is 8.78 Å². The number of benzene rings is 1. The molecule has 0 fully saturated rings. The number of hydrogen-bond donors (Lipinski definition) is 1. The molecule has 0 bridgehead atoms. The van der Waals surface area contributed by atoms with Crippen molar-refractivity contribution in [3.05, 3.63) is 29.8 Å². The first-order valence-electron chi connectivity index (χ1n) is 6.93. The maximum absolute atomic E-state index is 13.5.